The number of halogens is 3. The summed E-state index contributed by atoms with van der Waals surface area (Å²) >= 11 is 0. The minimum absolute atomic E-state index is 0.216. The molecule has 114 valence electrons. The Morgan fingerprint density at radius 3 is 2.32 bits per heavy atom. The largest absolute Gasteiger partial charge is 0.389 e. The van der Waals surface area contributed by atoms with Crippen LogP contribution in [0.3, 0.4) is 0 Å². The Balaban J connectivity index is 2.16. The standard InChI is InChI=1S/C14H27F3N2/c1-3-10-18-12-5-7-13(8-6-12)19(2)11-4-9-14(15,16)17/h12-13,18H,3-11H2,1-2H3. The van der Waals surface area contributed by atoms with E-state index in [-0.39, 0.29) is 6.42 Å². The Morgan fingerprint density at radius 2 is 1.79 bits per heavy atom. The van der Waals surface area contributed by atoms with Crippen LogP contribution in [0, 0.1) is 0 Å². The van der Waals surface area contributed by atoms with Crippen LogP contribution in [0.25, 0.3) is 0 Å². The Labute approximate surface area is 114 Å². The van der Waals surface area contributed by atoms with Gasteiger partial charge in [0.05, 0.1) is 0 Å². The molecule has 1 saturated carbocycles. The molecule has 1 rings (SSSR count). The Kier molecular flexibility index (Phi) is 7.15. The number of nitrogens with one attached hydrogen (secondary N) is 1. The van der Waals surface area contributed by atoms with Gasteiger partial charge in [0.25, 0.3) is 0 Å². The van der Waals surface area contributed by atoms with Gasteiger partial charge in [0.2, 0.25) is 0 Å². The molecule has 1 aliphatic rings. The summed E-state index contributed by atoms with van der Waals surface area (Å²) in [7, 11) is 1.96. The van der Waals surface area contributed by atoms with Crippen LogP contribution in [0.15, 0.2) is 0 Å². The summed E-state index contributed by atoms with van der Waals surface area (Å²) in [4.78, 5) is 2.11. The fourth-order valence-corrected chi connectivity index (χ4v) is 2.78. The molecule has 19 heavy (non-hydrogen) atoms. The molecule has 0 aromatic carbocycles. The fourth-order valence-electron chi connectivity index (χ4n) is 2.78. The molecule has 0 saturated heterocycles. The normalized spacial score (nSPS) is 24.9. The third-order valence-corrected chi connectivity index (χ3v) is 3.97. The van der Waals surface area contributed by atoms with Crippen molar-refractivity contribution in [3.63, 3.8) is 0 Å². The van der Waals surface area contributed by atoms with Crippen molar-refractivity contribution in [2.45, 2.75) is 70.1 Å². The molecule has 0 unspecified atom stereocenters. The van der Waals surface area contributed by atoms with Crippen LogP contribution in [0.2, 0.25) is 0 Å². The predicted molar refractivity (Wildman–Crippen MR) is 72.3 cm³/mol. The molecule has 0 radical (unpaired) electrons. The molecule has 1 aliphatic carbocycles. The lowest BCUT2D eigenvalue weighted by Crippen LogP contribution is -2.41. The van der Waals surface area contributed by atoms with E-state index >= 15 is 0 Å². The lowest BCUT2D eigenvalue weighted by Gasteiger charge is -2.35. The molecule has 0 amide bonds. The SMILES string of the molecule is CCCNC1CCC(N(C)CCCC(F)(F)F)CC1. The minimum atomic E-state index is -4.01. The van der Waals surface area contributed by atoms with Crippen molar-refractivity contribution >= 4 is 0 Å². The molecule has 5 heteroatoms. The van der Waals surface area contributed by atoms with Gasteiger partial charge in [-0.1, -0.05) is 6.92 Å². The van der Waals surface area contributed by atoms with Crippen LogP contribution in [0.4, 0.5) is 13.2 Å². The summed E-state index contributed by atoms with van der Waals surface area (Å²) in [5.74, 6) is 0. The predicted octanol–water partition coefficient (Wildman–Crippen LogP) is 3.57. The lowest BCUT2D eigenvalue weighted by molar-refractivity contribution is -0.136. The molecule has 1 N–H and O–H groups in total. The van der Waals surface area contributed by atoms with Gasteiger partial charge in [0, 0.05) is 18.5 Å². The van der Waals surface area contributed by atoms with Gasteiger partial charge in [-0.2, -0.15) is 13.2 Å². The van der Waals surface area contributed by atoms with Crippen molar-refractivity contribution in [3.8, 4) is 0 Å². The quantitative estimate of drug-likeness (QED) is 0.767. The first-order chi connectivity index (χ1) is 8.92. The summed E-state index contributed by atoms with van der Waals surface area (Å²) in [6.07, 6.45) is 1.19. The van der Waals surface area contributed by atoms with Crippen molar-refractivity contribution in [2.75, 3.05) is 20.1 Å². The Bertz CT molecular complexity index is 235. The van der Waals surface area contributed by atoms with Crippen LogP contribution < -0.4 is 5.32 Å². The zero-order chi connectivity index (χ0) is 14.3. The highest BCUT2D eigenvalue weighted by Crippen LogP contribution is 2.25. The van der Waals surface area contributed by atoms with Crippen molar-refractivity contribution in [1.29, 1.82) is 0 Å². The molecule has 0 spiro atoms. The van der Waals surface area contributed by atoms with E-state index in [0.717, 1.165) is 38.6 Å². The van der Waals surface area contributed by atoms with Crippen molar-refractivity contribution < 1.29 is 13.2 Å². The molecule has 0 bridgehead atoms. The molecule has 0 heterocycles. The smallest absolute Gasteiger partial charge is 0.314 e. The van der Waals surface area contributed by atoms with Crippen LogP contribution >= 0.6 is 0 Å². The number of rotatable bonds is 7. The van der Waals surface area contributed by atoms with Gasteiger partial charge in [0.15, 0.2) is 0 Å². The van der Waals surface area contributed by atoms with E-state index in [4.69, 9.17) is 0 Å². The van der Waals surface area contributed by atoms with Gasteiger partial charge < -0.3 is 10.2 Å². The van der Waals surface area contributed by atoms with E-state index < -0.39 is 12.6 Å². The highest BCUT2D eigenvalue weighted by molar-refractivity contribution is 4.81. The van der Waals surface area contributed by atoms with Gasteiger partial charge in [0.1, 0.15) is 0 Å². The van der Waals surface area contributed by atoms with Crippen LogP contribution in [0.1, 0.15) is 51.9 Å². The highest BCUT2D eigenvalue weighted by Gasteiger charge is 2.28. The average molecular weight is 280 g/mol. The lowest BCUT2D eigenvalue weighted by atomic mass is 9.90. The first-order valence-electron chi connectivity index (χ1n) is 7.42. The van der Waals surface area contributed by atoms with Gasteiger partial charge in [-0.15, -0.1) is 0 Å². The molecule has 0 aromatic rings. The zero-order valence-electron chi connectivity index (χ0n) is 12.1. The number of hydrogen-bond acceptors (Lipinski definition) is 2. The van der Waals surface area contributed by atoms with E-state index in [9.17, 15) is 13.2 Å². The molecular formula is C14H27F3N2. The molecular weight excluding hydrogens is 253 g/mol. The van der Waals surface area contributed by atoms with Crippen molar-refractivity contribution in [1.82, 2.24) is 10.2 Å². The van der Waals surface area contributed by atoms with Crippen LogP contribution in [-0.4, -0.2) is 43.3 Å². The van der Waals surface area contributed by atoms with E-state index in [1.54, 1.807) is 0 Å². The number of alkyl halides is 3. The maximum absolute atomic E-state index is 12.1. The van der Waals surface area contributed by atoms with Crippen molar-refractivity contribution in [3.05, 3.63) is 0 Å². The van der Waals surface area contributed by atoms with E-state index in [2.05, 4.69) is 17.1 Å². The second kappa shape index (κ2) is 8.10. The van der Waals surface area contributed by atoms with Crippen LogP contribution in [0.5, 0.6) is 0 Å². The summed E-state index contributed by atoms with van der Waals surface area (Å²) in [6.45, 7) is 3.78. The average Bonchev–Trinajstić information content (AvgIpc) is 2.35. The van der Waals surface area contributed by atoms with Crippen molar-refractivity contribution in [2.24, 2.45) is 0 Å². The maximum atomic E-state index is 12.1. The van der Waals surface area contributed by atoms with Gasteiger partial charge >= 0.3 is 6.18 Å². The Morgan fingerprint density at radius 1 is 1.16 bits per heavy atom. The van der Waals surface area contributed by atoms with E-state index in [1.807, 2.05) is 7.05 Å². The minimum Gasteiger partial charge on any atom is -0.314 e. The molecule has 0 aliphatic heterocycles. The summed E-state index contributed by atoms with van der Waals surface area (Å²) in [5, 5.41) is 3.53. The third kappa shape index (κ3) is 7.16. The molecule has 1 fully saturated rings. The Hall–Kier alpha value is -0.290. The van der Waals surface area contributed by atoms with Gasteiger partial charge in [-0.3, -0.25) is 0 Å². The first-order valence-corrected chi connectivity index (χ1v) is 7.42. The molecule has 0 aromatic heterocycles. The summed E-state index contributed by atoms with van der Waals surface area (Å²) < 4.78 is 36.3. The number of nitrogens with zero attached hydrogens (tertiary/aromatic N) is 1. The van der Waals surface area contributed by atoms with E-state index in [1.165, 1.54) is 0 Å². The second-order valence-corrected chi connectivity index (χ2v) is 5.66. The number of hydrogen-bond donors (Lipinski definition) is 1. The van der Waals surface area contributed by atoms with Gasteiger partial charge in [-0.05, 0) is 58.7 Å². The second-order valence-electron chi connectivity index (χ2n) is 5.66. The molecule has 2 nitrogen and oxygen atoms in total. The third-order valence-electron chi connectivity index (χ3n) is 3.97. The monoisotopic (exact) mass is 280 g/mol. The summed E-state index contributed by atoms with van der Waals surface area (Å²) in [5.41, 5.74) is 0. The zero-order valence-corrected chi connectivity index (χ0v) is 12.1. The first kappa shape index (κ1) is 16.8. The highest BCUT2D eigenvalue weighted by atomic mass is 19.4. The fraction of sp³-hybridized carbons (Fsp3) is 1.00. The molecule has 0 atom stereocenters. The maximum Gasteiger partial charge on any atom is 0.389 e. The van der Waals surface area contributed by atoms with Crippen LogP contribution in [-0.2, 0) is 0 Å². The summed E-state index contributed by atoms with van der Waals surface area (Å²) in [6, 6.07) is 1.08. The van der Waals surface area contributed by atoms with E-state index in [0.29, 0.717) is 18.6 Å². The topological polar surface area (TPSA) is 15.3 Å². The van der Waals surface area contributed by atoms with Gasteiger partial charge in [-0.25, -0.2) is 0 Å².